The Kier molecular flexibility index (Phi) is 4.38. The van der Waals surface area contributed by atoms with Gasteiger partial charge in [-0.3, -0.25) is 0 Å². The van der Waals surface area contributed by atoms with E-state index in [1.165, 1.54) is 0 Å². The third-order valence-electron chi connectivity index (χ3n) is 1.67. The first-order valence-corrected chi connectivity index (χ1v) is 4.99. The lowest BCUT2D eigenvalue weighted by atomic mass is 10.2. The van der Waals surface area contributed by atoms with E-state index in [4.69, 9.17) is 20.8 Å². The molecule has 4 N–H and O–H groups in total. The summed E-state index contributed by atoms with van der Waals surface area (Å²) in [5.41, 5.74) is 5.94. The highest BCUT2D eigenvalue weighted by Crippen LogP contribution is 2.22. The topological polar surface area (TPSA) is 88.1 Å². The van der Waals surface area contributed by atoms with Crippen LogP contribution in [-0.4, -0.2) is 29.4 Å². The molecule has 1 aromatic rings. The van der Waals surface area contributed by atoms with Gasteiger partial charge in [-0.1, -0.05) is 21.1 Å². The van der Waals surface area contributed by atoms with Crippen molar-refractivity contribution in [3.8, 4) is 5.75 Å². The maximum absolute atomic E-state index is 8.62. The van der Waals surface area contributed by atoms with Crippen molar-refractivity contribution < 1.29 is 15.1 Å². The molecule has 0 amide bonds. The number of aliphatic hydroxyl groups is 1. The van der Waals surface area contributed by atoms with Crippen LogP contribution in [0, 0.1) is 0 Å². The first-order chi connectivity index (χ1) is 7.19. The Morgan fingerprint density at radius 1 is 1.53 bits per heavy atom. The maximum atomic E-state index is 8.62. The van der Waals surface area contributed by atoms with Crippen LogP contribution < -0.4 is 10.5 Å². The Hall–Kier alpha value is -1.27. The highest BCUT2D eigenvalue weighted by molar-refractivity contribution is 9.10. The van der Waals surface area contributed by atoms with Gasteiger partial charge in [0.05, 0.1) is 12.2 Å². The molecule has 0 heterocycles. The smallest absolute Gasteiger partial charge is 0.173 e. The minimum Gasteiger partial charge on any atom is -0.490 e. The Labute approximate surface area is 95.3 Å². The molecular formula is C9H11BrN2O3. The second-order valence-corrected chi connectivity index (χ2v) is 3.61. The van der Waals surface area contributed by atoms with Crippen molar-refractivity contribution in [1.29, 1.82) is 0 Å². The number of halogens is 1. The summed E-state index contributed by atoms with van der Waals surface area (Å²) in [4.78, 5) is 0. The molecule has 0 atom stereocenters. The molecule has 5 nitrogen and oxygen atoms in total. The summed E-state index contributed by atoms with van der Waals surface area (Å²) in [6.07, 6.45) is 0. The van der Waals surface area contributed by atoms with E-state index in [2.05, 4.69) is 21.1 Å². The fourth-order valence-corrected chi connectivity index (χ4v) is 1.40. The standard InChI is InChI=1S/C9H11BrN2O3/c10-6-1-2-8(15-4-3-13)7(5-6)9(11)12-14/h1-2,5,13-14H,3-4H2,(H2,11,12). The summed E-state index contributed by atoms with van der Waals surface area (Å²) in [7, 11) is 0. The second-order valence-electron chi connectivity index (χ2n) is 2.70. The number of ether oxygens (including phenoxy) is 1. The molecule has 0 aliphatic carbocycles. The van der Waals surface area contributed by atoms with Gasteiger partial charge in [-0.25, -0.2) is 0 Å². The number of hydrogen-bond acceptors (Lipinski definition) is 4. The van der Waals surface area contributed by atoms with Gasteiger partial charge in [-0.05, 0) is 18.2 Å². The number of aliphatic hydroxyl groups excluding tert-OH is 1. The zero-order chi connectivity index (χ0) is 11.3. The molecule has 1 rings (SSSR count). The average Bonchev–Trinajstić information content (AvgIpc) is 2.26. The van der Waals surface area contributed by atoms with Gasteiger partial charge in [0.15, 0.2) is 5.84 Å². The van der Waals surface area contributed by atoms with Crippen molar-refractivity contribution >= 4 is 21.8 Å². The fourth-order valence-electron chi connectivity index (χ4n) is 1.04. The zero-order valence-electron chi connectivity index (χ0n) is 7.85. The number of amidine groups is 1. The molecule has 1 aromatic carbocycles. The molecule has 0 bridgehead atoms. The van der Waals surface area contributed by atoms with Crippen LogP contribution in [0.3, 0.4) is 0 Å². The zero-order valence-corrected chi connectivity index (χ0v) is 9.44. The van der Waals surface area contributed by atoms with Gasteiger partial charge in [0.25, 0.3) is 0 Å². The first-order valence-electron chi connectivity index (χ1n) is 4.20. The number of rotatable bonds is 4. The summed E-state index contributed by atoms with van der Waals surface area (Å²) < 4.78 is 6.01. The lowest BCUT2D eigenvalue weighted by Gasteiger charge is -2.09. The summed E-state index contributed by atoms with van der Waals surface area (Å²) in [5.74, 6) is 0.423. The number of nitrogens with zero attached hydrogens (tertiary/aromatic N) is 1. The minimum absolute atomic E-state index is 0.0377. The second kappa shape index (κ2) is 5.57. The van der Waals surface area contributed by atoms with E-state index in [1.54, 1.807) is 18.2 Å². The van der Waals surface area contributed by atoms with Crippen molar-refractivity contribution in [2.75, 3.05) is 13.2 Å². The van der Waals surface area contributed by atoms with Gasteiger partial charge in [0.1, 0.15) is 12.4 Å². The van der Waals surface area contributed by atoms with Gasteiger partial charge >= 0.3 is 0 Å². The quantitative estimate of drug-likeness (QED) is 0.330. The third-order valence-corrected chi connectivity index (χ3v) is 2.17. The van der Waals surface area contributed by atoms with Gasteiger partial charge in [0, 0.05) is 4.47 Å². The molecule has 0 aliphatic heterocycles. The Balaban J connectivity index is 3.03. The van der Waals surface area contributed by atoms with E-state index in [9.17, 15) is 0 Å². The third kappa shape index (κ3) is 3.10. The minimum atomic E-state index is -0.0916. The molecule has 0 spiro atoms. The van der Waals surface area contributed by atoms with Crippen LogP contribution in [0.1, 0.15) is 5.56 Å². The Morgan fingerprint density at radius 3 is 2.87 bits per heavy atom. The Morgan fingerprint density at radius 2 is 2.27 bits per heavy atom. The highest BCUT2D eigenvalue weighted by atomic mass is 79.9. The van der Waals surface area contributed by atoms with Crippen molar-refractivity contribution in [2.45, 2.75) is 0 Å². The summed E-state index contributed by atoms with van der Waals surface area (Å²) in [6, 6.07) is 5.11. The molecule has 0 aromatic heterocycles. The van der Waals surface area contributed by atoms with E-state index in [-0.39, 0.29) is 19.0 Å². The average molecular weight is 275 g/mol. The van der Waals surface area contributed by atoms with E-state index >= 15 is 0 Å². The SMILES string of the molecule is N/C(=N/O)c1cc(Br)ccc1OCCO. The predicted molar refractivity (Wildman–Crippen MR) is 59.2 cm³/mol. The monoisotopic (exact) mass is 274 g/mol. The van der Waals surface area contributed by atoms with Crippen LogP contribution in [0.5, 0.6) is 5.75 Å². The fraction of sp³-hybridized carbons (Fsp3) is 0.222. The molecular weight excluding hydrogens is 264 g/mol. The Bertz CT molecular complexity index is 368. The van der Waals surface area contributed by atoms with Gasteiger partial charge < -0.3 is 20.8 Å². The van der Waals surface area contributed by atoms with Crippen molar-refractivity contribution in [3.63, 3.8) is 0 Å². The largest absolute Gasteiger partial charge is 0.490 e. The molecule has 0 saturated carbocycles. The molecule has 0 saturated heterocycles. The normalized spacial score (nSPS) is 11.5. The van der Waals surface area contributed by atoms with Crippen LogP contribution in [-0.2, 0) is 0 Å². The number of hydrogen-bond donors (Lipinski definition) is 3. The molecule has 0 unspecified atom stereocenters. The molecule has 15 heavy (non-hydrogen) atoms. The molecule has 0 aliphatic rings. The van der Waals surface area contributed by atoms with E-state index in [0.29, 0.717) is 11.3 Å². The predicted octanol–water partition coefficient (Wildman–Crippen LogP) is 0.915. The van der Waals surface area contributed by atoms with Crippen LogP contribution in [0.2, 0.25) is 0 Å². The van der Waals surface area contributed by atoms with Crippen LogP contribution in [0.15, 0.2) is 27.8 Å². The van der Waals surface area contributed by atoms with E-state index in [1.807, 2.05) is 0 Å². The van der Waals surface area contributed by atoms with Crippen molar-refractivity contribution in [2.24, 2.45) is 10.9 Å². The van der Waals surface area contributed by atoms with Crippen LogP contribution >= 0.6 is 15.9 Å². The highest BCUT2D eigenvalue weighted by Gasteiger charge is 2.08. The number of benzene rings is 1. The van der Waals surface area contributed by atoms with E-state index < -0.39 is 0 Å². The van der Waals surface area contributed by atoms with Gasteiger partial charge in [-0.15, -0.1) is 0 Å². The van der Waals surface area contributed by atoms with Gasteiger partial charge in [0.2, 0.25) is 0 Å². The number of oxime groups is 1. The maximum Gasteiger partial charge on any atom is 0.173 e. The van der Waals surface area contributed by atoms with E-state index in [0.717, 1.165) is 4.47 Å². The lowest BCUT2D eigenvalue weighted by Crippen LogP contribution is -2.15. The van der Waals surface area contributed by atoms with Gasteiger partial charge in [-0.2, -0.15) is 0 Å². The summed E-state index contributed by atoms with van der Waals surface area (Å²) in [6.45, 7) is 0.0685. The van der Waals surface area contributed by atoms with Crippen LogP contribution in [0.4, 0.5) is 0 Å². The molecule has 82 valence electrons. The molecule has 0 fully saturated rings. The summed E-state index contributed by atoms with van der Waals surface area (Å²) in [5, 5.41) is 20.1. The lowest BCUT2D eigenvalue weighted by molar-refractivity contribution is 0.201. The van der Waals surface area contributed by atoms with Crippen LogP contribution in [0.25, 0.3) is 0 Å². The van der Waals surface area contributed by atoms with Crippen molar-refractivity contribution in [3.05, 3.63) is 28.2 Å². The first kappa shape index (κ1) is 11.8. The molecule has 6 heteroatoms. The molecule has 0 radical (unpaired) electrons. The van der Waals surface area contributed by atoms with Crippen molar-refractivity contribution in [1.82, 2.24) is 0 Å². The summed E-state index contributed by atoms with van der Waals surface area (Å²) >= 11 is 3.26. The number of nitrogens with two attached hydrogens (primary N) is 1.